The lowest BCUT2D eigenvalue weighted by Gasteiger charge is -2.18. The lowest BCUT2D eigenvalue weighted by atomic mass is 10.0. The molecule has 1 aliphatic rings. The first-order chi connectivity index (χ1) is 8.80. The van der Waals surface area contributed by atoms with Crippen molar-refractivity contribution in [2.45, 2.75) is 32.4 Å². The van der Waals surface area contributed by atoms with E-state index < -0.39 is 10.7 Å². The van der Waals surface area contributed by atoms with Gasteiger partial charge in [0.2, 0.25) is 5.12 Å². The number of esters is 1. The number of ether oxygens (including phenoxy) is 1. The zero-order chi connectivity index (χ0) is 14.6. The number of thioether (sulfide) groups is 1. The van der Waals surface area contributed by atoms with Gasteiger partial charge in [0.15, 0.2) is 0 Å². The largest absolute Gasteiger partial charge is 0.510 e. The molecule has 1 rings (SSSR count). The van der Waals surface area contributed by atoms with Crippen LogP contribution in [0.2, 0.25) is 0 Å². The predicted molar refractivity (Wildman–Crippen MR) is 75.9 cm³/mol. The number of hydrogen-bond donors (Lipinski definition) is 1. The maximum absolute atomic E-state index is 11.6. The van der Waals surface area contributed by atoms with Crippen LogP contribution in [0.1, 0.15) is 27.7 Å². The molecule has 0 aromatic carbocycles. The zero-order valence-corrected chi connectivity index (χ0v) is 12.3. The molecular formula is C14H18O4S. The van der Waals surface area contributed by atoms with Crippen molar-refractivity contribution in [1.82, 2.24) is 0 Å². The molecule has 0 aliphatic carbocycles. The highest BCUT2D eigenvalue weighted by molar-refractivity contribution is 8.16. The van der Waals surface area contributed by atoms with Gasteiger partial charge in [-0.05, 0) is 27.7 Å². The molecule has 0 saturated heterocycles. The molecule has 5 heteroatoms. The number of aliphatic hydroxyl groups excluding tert-OH is 1. The summed E-state index contributed by atoms with van der Waals surface area (Å²) in [7, 11) is 0. The molecule has 19 heavy (non-hydrogen) atoms. The number of aliphatic hydroxyl groups is 1. The first-order valence-corrected chi connectivity index (χ1v) is 6.79. The van der Waals surface area contributed by atoms with Gasteiger partial charge in [-0.25, -0.2) is 4.79 Å². The van der Waals surface area contributed by atoms with Gasteiger partial charge in [0, 0.05) is 11.6 Å². The van der Waals surface area contributed by atoms with Crippen molar-refractivity contribution >= 4 is 22.8 Å². The van der Waals surface area contributed by atoms with E-state index in [4.69, 9.17) is 4.74 Å². The molecule has 1 atom stereocenters. The van der Waals surface area contributed by atoms with E-state index in [-0.39, 0.29) is 10.9 Å². The fraction of sp³-hybridized carbons (Fsp3) is 0.429. The van der Waals surface area contributed by atoms with Crippen molar-refractivity contribution in [1.29, 1.82) is 0 Å². The molecule has 0 saturated carbocycles. The summed E-state index contributed by atoms with van der Waals surface area (Å²) in [6.07, 6.45) is 4.69. The van der Waals surface area contributed by atoms with Crippen LogP contribution in [-0.4, -0.2) is 27.5 Å². The Bertz CT molecular complexity index is 488. The van der Waals surface area contributed by atoms with Gasteiger partial charge in [-0.2, -0.15) is 0 Å². The van der Waals surface area contributed by atoms with Crippen LogP contribution in [0, 0.1) is 0 Å². The van der Waals surface area contributed by atoms with E-state index in [1.807, 2.05) is 0 Å². The average molecular weight is 282 g/mol. The van der Waals surface area contributed by atoms with Crippen LogP contribution >= 0.6 is 11.8 Å². The Hall–Kier alpha value is -1.49. The second-order valence-electron chi connectivity index (χ2n) is 4.44. The molecule has 104 valence electrons. The van der Waals surface area contributed by atoms with Gasteiger partial charge in [0.05, 0.1) is 11.4 Å². The summed E-state index contributed by atoms with van der Waals surface area (Å²) < 4.78 is 4.01. The molecule has 0 aromatic heterocycles. The van der Waals surface area contributed by atoms with Crippen LogP contribution in [-0.2, 0) is 14.3 Å². The van der Waals surface area contributed by atoms with Crippen molar-refractivity contribution in [2.24, 2.45) is 0 Å². The van der Waals surface area contributed by atoms with E-state index in [2.05, 4.69) is 0 Å². The molecule has 0 fully saturated rings. The molecule has 0 bridgehead atoms. The zero-order valence-electron chi connectivity index (χ0n) is 11.5. The predicted octanol–water partition coefficient (Wildman–Crippen LogP) is 2.92. The Morgan fingerprint density at radius 3 is 2.58 bits per heavy atom. The van der Waals surface area contributed by atoms with Gasteiger partial charge >= 0.3 is 5.97 Å². The minimum atomic E-state index is -0.760. The van der Waals surface area contributed by atoms with Crippen molar-refractivity contribution < 1.29 is 19.4 Å². The van der Waals surface area contributed by atoms with E-state index in [1.165, 1.54) is 6.08 Å². The van der Waals surface area contributed by atoms with Gasteiger partial charge < -0.3 is 9.84 Å². The van der Waals surface area contributed by atoms with Crippen LogP contribution in [0.4, 0.5) is 0 Å². The van der Waals surface area contributed by atoms with Gasteiger partial charge in [0.1, 0.15) is 5.76 Å². The minimum absolute atomic E-state index is 0.0754. The molecule has 1 N–H and O–H groups in total. The molecule has 0 amide bonds. The monoisotopic (exact) mass is 282 g/mol. The minimum Gasteiger partial charge on any atom is -0.510 e. The Labute approximate surface area is 117 Å². The first-order valence-electron chi connectivity index (χ1n) is 5.98. The SMILES string of the molecule is CCOC(=O)/C=C/C(C)=C/[C@@]1(C)SC(=O)C(C)=C1O. The quantitative estimate of drug-likeness (QED) is 0.488. The fourth-order valence-corrected chi connectivity index (χ4v) is 2.89. The third kappa shape index (κ3) is 3.73. The average Bonchev–Trinajstić information content (AvgIpc) is 2.51. The molecule has 4 nitrogen and oxygen atoms in total. The summed E-state index contributed by atoms with van der Waals surface area (Å²) in [5.41, 5.74) is 1.16. The van der Waals surface area contributed by atoms with Crippen LogP contribution in [0.5, 0.6) is 0 Å². The number of carbonyl (C=O) groups excluding carboxylic acids is 2. The van der Waals surface area contributed by atoms with Crippen LogP contribution in [0.25, 0.3) is 0 Å². The maximum atomic E-state index is 11.6. The Kier molecular flexibility index (Phi) is 5.00. The summed E-state index contributed by atoms with van der Waals surface area (Å²) in [4.78, 5) is 22.7. The normalized spacial score (nSPS) is 24.4. The summed E-state index contributed by atoms with van der Waals surface area (Å²) in [5, 5.41) is 9.85. The van der Waals surface area contributed by atoms with E-state index >= 15 is 0 Å². The standard InChI is InChI=1S/C14H18O4S/c1-5-18-11(15)7-6-9(2)8-14(4)12(16)10(3)13(17)19-14/h6-8,16H,5H2,1-4H3/b7-6+,9-8+/t14-/m1/s1. The molecule has 0 spiro atoms. The first kappa shape index (κ1) is 15.6. The summed E-state index contributed by atoms with van der Waals surface area (Å²) in [5.74, 6) is -0.335. The van der Waals surface area contributed by atoms with E-state index in [0.29, 0.717) is 12.2 Å². The van der Waals surface area contributed by atoms with Crippen LogP contribution in [0.3, 0.4) is 0 Å². The van der Waals surface area contributed by atoms with Crippen molar-refractivity contribution in [3.8, 4) is 0 Å². The highest BCUT2D eigenvalue weighted by atomic mass is 32.2. The maximum Gasteiger partial charge on any atom is 0.330 e. The molecule has 0 radical (unpaired) electrons. The second kappa shape index (κ2) is 6.10. The van der Waals surface area contributed by atoms with Crippen molar-refractivity contribution in [2.75, 3.05) is 6.61 Å². The van der Waals surface area contributed by atoms with E-state index in [1.54, 1.807) is 39.8 Å². The molecule has 0 unspecified atom stereocenters. The van der Waals surface area contributed by atoms with Crippen LogP contribution in [0.15, 0.2) is 35.1 Å². The third-order valence-corrected chi connectivity index (χ3v) is 3.94. The summed E-state index contributed by atoms with van der Waals surface area (Å²) >= 11 is 1.07. The van der Waals surface area contributed by atoms with Gasteiger partial charge in [-0.15, -0.1) is 0 Å². The summed E-state index contributed by atoms with van der Waals surface area (Å²) in [6, 6.07) is 0. The smallest absolute Gasteiger partial charge is 0.330 e. The summed E-state index contributed by atoms with van der Waals surface area (Å²) in [6.45, 7) is 7.24. The lowest BCUT2D eigenvalue weighted by molar-refractivity contribution is -0.137. The number of allylic oxidation sites excluding steroid dienone is 2. The fourth-order valence-electron chi connectivity index (χ4n) is 1.76. The Morgan fingerprint density at radius 2 is 2.11 bits per heavy atom. The van der Waals surface area contributed by atoms with E-state index in [9.17, 15) is 14.7 Å². The third-order valence-electron chi connectivity index (χ3n) is 2.71. The molecule has 0 aromatic rings. The van der Waals surface area contributed by atoms with Gasteiger partial charge in [-0.1, -0.05) is 29.5 Å². The van der Waals surface area contributed by atoms with E-state index in [0.717, 1.165) is 17.3 Å². The highest BCUT2D eigenvalue weighted by Crippen LogP contribution is 2.43. The van der Waals surface area contributed by atoms with Gasteiger partial charge in [-0.3, -0.25) is 4.79 Å². The number of carbonyl (C=O) groups is 2. The van der Waals surface area contributed by atoms with Crippen molar-refractivity contribution in [3.63, 3.8) is 0 Å². The topological polar surface area (TPSA) is 63.6 Å². The number of rotatable bonds is 4. The Balaban J connectivity index is 2.86. The number of hydrogen-bond acceptors (Lipinski definition) is 5. The Morgan fingerprint density at radius 1 is 1.47 bits per heavy atom. The van der Waals surface area contributed by atoms with Crippen LogP contribution < -0.4 is 0 Å². The second-order valence-corrected chi connectivity index (χ2v) is 5.87. The molecule has 1 aliphatic heterocycles. The lowest BCUT2D eigenvalue weighted by Crippen LogP contribution is -2.17. The molecule has 1 heterocycles. The molecular weight excluding hydrogens is 264 g/mol. The van der Waals surface area contributed by atoms with Gasteiger partial charge in [0.25, 0.3) is 0 Å². The highest BCUT2D eigenvalue weighted by Gasteiger charge is 2.40. The van der Waals surface area contributed by atoms with Crippen molar-refractivity contribution in [3.05, 3.63) is 35.1 Å².